The molecule has 1 aliphatic heterocycles. The zero-order valence-corrected chi connectivity index (χ0v) is 19.4. The molecule has 4 nitrogen and oxygen atoms in total. The van der Waals surface area contributed by atoms with Gasteiger partial charge >= 0.3 is 0 Å². The smallest absolute Gasteiger partial charge is 0.128 e. The number of nitrogens with zero attached hydrogens (tertiary/aromatic N) is 2. The first kappa shape index (κ1) is 22.1. The number of nitrogens with one attached hydrogen (secondary N) is 1. The van der Waals surface area contributed by atoms with Gasteiger partial charge in [0.25, 0.3) is 0 Å². The Balaban J connectivity index is 1.53. The minimum Gasteiger partial charge on any atom is -0.457 e. The molecule has 1 saturated heterocycles. The molecule has 4 heteroatoms. The lowest BCUT2D eigenvalue weighted by Crippen LogP contribution is -2.18. The van der Waals surface area contributed by atoms with Crippen molar-refractivity contribution in [2.45, 2.75) is 46.6 Å². The van der Waals surface area contributed by atoms with E-state index in [1.807, 2.05) is 13.0 Å². The van der Waals surface area contributed by atoms with Crippen LogP contribution in [0, 0.1) is 0 Å². The third kappa shape index (κ3) is 5.38. The molecule has 32 heavy (non-hydrogen) atoms. The Labute approximate surface area is 191 Å². The number of ether oxygens (including phenoxy) is 1. The van der Waals surface area contributed by atoms with E-state index in [1.165, 1.54) is 47.8 Å². The summed E-state index contributed by atoms with van der Waals surface area (Å²) >= 11 is 0. The van der Waals surface area contributed by atoms with E-state index >= 15 is 0 Å². The second-order valence-electron chi connectivity index (χ2n) is 8.47. The Kier molecular flexibility index (Phi) is 7.23. The van der Waals surface area contributed by atoms with Gasteiger partial charge < -0.3 is 4.74 Å². The first-order chi connectivity index (χ1) is 15.7. The first-order valence-electron chi connectivity index (χ1n) is 11.6. The molecule has 0 radical (unpaired) electrons. The van der Waals surface area contributed by atoms with Crippen LogP contribution in [-0.2, 0) is 6.54 Å². The number of benzene rings is 2. The highest BCUT2D eigenvalue weighted by molar-refractivity contribution is 5.84. The summed E-state index contributed by atoms with van der Waals surface area (Å²) in [7, 11) is 0. The third-order valence-corrected chi connectivity index (χ3v) is 6.20. The number of H-pyrrole nitrogens is 1. The van der Waals surface area contributed by atoms with Gasteiger partial charge in [0, 0.05) is 12.7 Å². The molecule has 0 unspecified atom stereocenters. The van der Waals surface area contributed by atoms with Crippen molar-refractivity contribution in [3.05, 3.63) is 89.5 Å². The highest BCUT2D eigenvalue weighted by Gasteiger charge is 2.12. The second kappa shape index (κ2) is 10.5. The van der Waals surface area contributed by atoms with E-state index in [1.54, 1.807) is 6.20 Å². The molecule has 2 aromatic carbocycles. The predicted molar refractivity (Wildman–Crippen MR) is 133 cm³/mol. The van der Waals surface area contributed by atoms with Crippen molar-refractivity contribution in [3.8, 4) is 5.75 Å². The maximum absolute atomic E-state index is 6.36. The largest absolute Gasteiger partial charge is 0.457 e. The molecular formula is C28H33N3O. The van der Waals surface area contributed by atoms with Crippen molar-refractivity contribution in [2.24, 2.45) is 0 Å². The zero-order chi connectivity index (χ0) is 22.3. The summed E-state index contributed by atoms with van der Waals surface area (Å²) in [4.78, 5) is 2.54. The molecular weight excluding hydrogens is 394 g/mol. The Morgan fingerprint density at radius 1 is 1.06 bits per heavy atom. The van der Waals surface area contributed by atoms with Crippen molar-refractivity contribution in [1.82, 2.24) is 15.1 Å². The van der Waals surface area contributed by atoms with Crippen molar-refractivity contribution < 1.29 is 4.74 Å². The number of aromatic nitrogens is 2. The highest BCUT2D eigenvalue weighted by atomic mass is 16.5. The quantitative estimate of drug-likeness (QED) is 0.315. The fraction of sp³-hybridized carbons (Fsp3) is 0.321. The zero-order valence-electron chi connectivity index (χ0n) is 19.4. The molecule has 3 aromatic rings. The molecule has 4 rings (SSSR count). The summed E-state index contributed by atoms with van der Waals surface area (Å²) in [6.45, 7) is 9.79. The first-order valence-corrected chi connectivity index (χ1v) is 11.6. The summed E-state index contributed by atoms with van der Waals surface area (Å²) < 4.78 is 6.36. The van der Waals surface area contributed by atoms with Gasteiger partial charge in [-0.15, -0.1) is 0 Å². The van der Waals surface area contributed by atoms with Gasteiger partial charge in [-0.05, 0) is 110 Å². The van der Waals surface area contributed by atoms with Gasteiger partial charge in [0.2, 0.25) is 0 Å². The molecule has 0 amide bonds. The maximum Gasteiger partial charge on any atom is 0.128 e. The maximum atomic E-state index is 6.36. The predicted octanol–water partition coefficient (Wildman–Crippen LogP) is 6.88. The molecule has 0 saturated carbocycles. The Hall–Kier alpha value is -3.11. The van der Waals surface area contributed by atoms with Crippen LogP contribution in [0.1, 0.15) is 51.3 Å². The molecule has 1 aromatic heterocycles. The van der Waals surface area contributed by atoms with Gasteiger partial charge in [-0.25, -0.2) is 0 Å². The number of allylic oxidation sites excluding steroid dienone is 5. The fourth-order valence-corrected chi connectivity index (χ4v) is 4.12. The topological polar surface area (TPSA) is 41.1 Å². The lowest BCUT2D eigenvalue weighted by Gasteiger charge is -2.15. The monoisotopic (exact) mass is 427 g/mol. The van der Waals surface area contributed by atoms with E-state index in [-0.39, 0.29) is 0 Å². The Morgan fingerprint density at radius 2 is 1.84 bits per heavy atom. The van der Waals surface area contributed by atoms with Crippen molar-refractivity contribution >= 4 is 16.3 Å². The van der Waals surface area contributed by atoms with Gasteiger partial charge in [0.1, 0.15) is 11.5 Å². The molecule has 2 heterocycles. The number of hydrogen-bond donors (Lipinski definition) is 1. The highest BCUT2D eigenvalue weighted by Crippen LogP contribution is 2.26. The molecule has 0 bridgehead atoms. The molecule has 0 atom stereocenters. The number of likely N-dealkylation sites (tertiary alicyclic amines) is 1. The van der Waals surface area contributed by atoms with Crippen LogP contribution < -0.4 is 4.74 Å². The van der Waals surface area contributed by atoms with Crippen LogP contribution in [0.2, 0.25) is 0 Å². The minimum absolute atomic E-state index is 0.862. The second-order valence-corrected chi connectivity index (χ2v) is 8.47. The normalized spacial score (nSPS) is 16.2. The van der Waals surface area contributed by atoms with Gasteiger partial charge in [-0.2, -0.15) is 5.10 Å². The molecule has 0 aliphatic carbocycles. The van der Waals surface area contributed by atoms with Crippen LogP contribution in [-0.4, -0.2) is 28.2 Å². The van der Waals surface area contributed by atoms with E-state index in [0.29, 0.717) is 0 Å². The lowest BCUT2D eigenvalue weighted by atomic mass is 10.1. The van der Waals surface area contributed by atoms with Crippen molar-refractivity contribution in [3.63, 3.8) is 0 Å². The fourth-order valence-electron chi connectivity index (χ4n) is 4.12. The Bertz CT molecular complexity index is 1130. The third-order valence-electron chi connectivity index (χ3n) is 6.20. The van der Waals surface area contributed by atoms with Gasteiger partial charge in [-0.1, -0.05) is 31.2 Å². The average molecular weight is 428 g/mol. The van der Waals surface area contributed by atoms with Crippen molar-refractivity contribution in [2.75, 3.05) is 13.1 Å². The van der Waals surface area contributed by atoms with E-state index < -0.39 is 0 Å². The Morgan fingerprint density at radius 3 is 2.56 bits per heavy atom. The van der Waals surface area contributed by atoms with Crippen LogP contribution in [0.15, 0.2) is 78.2 Å². The van der Waals surface area contributed by atoms with E-state index in [2.05, 4.69) is 83.6 Å². The van der Waals surface area contributed by atoms with Crippen molar-refractivity contribution in [1.29, 1.82) is 0 Å². The standard InChI is InChI=1S/C28H33N3O/c1-4-21(3)28(13-11-23(5-2)27-14-15-29-30-27)32-26-12-10-24-18-22(8-9-25(24)19-26)20-31-16-6-7-17-31/h5,8-15,18-19H,4,6-7,16-17,20H2,1-3H3,(H,29,30). The van der Waals surface area contributed by atoms with Crippen LogP contribution in [0.5, 0.6) is 5.75 Å². The number of aromatic amines is 1. The van der Waals surface area contributed by atoms with E-state index in [0.717, 1.165) is 35.7 Å². The number of hydrogen-bond acceptors (Lipinski definition) is 3. The summed E-state index contributed by atoms with van der Waals surface area (Å²) in [6.07, 6.45) is 11.6. The summed E-state index contributed by atoms with van der Waals surface area (Å²) in [5.41, 5.74) is 4.67. The summed E-state index contributed by atoms with van der Waals surface area (Å²) in [5.74, 6) is 1.75. The van der Waals surface area contributed by atoms with Crippen LogP contribution in [0.4, 0.5) is 0 Å². The molecule has 0 spiro atoms. The molecule has 1 fully saturated rings. The lowest BCUT2D eigenvalue weighted by molar-refractivity contribution is 0.331. The number of fused-ring (bicyclic) bond motifs is 1. The SMILES string of the molecule is CC=C(C=CC(Oc1ccc2cc(CN3CCCC3)ccc2c1)=C(C)CC)c1ccn[nH]1. The van der Waals surface area contributed by atoms with Crippen LogP contribution in [0.25, 0.3) is 16.3 Å². The number of rotatable bonds is 8. The molecule has 1 N–H and O–H groups in total. The van der Waals surface area contributed by atoms with Crippen LogP contribution in [0.3, 0.4) is 0 Å². The minimum atomic E-state index is 0.862. The van der Waals surface area contributed by atoms with Crippen LogP contribution >= 0.6 is 0 Å². The van der Waals surface area contributed by atoms with E-state index in [9.17, 15) is 0 Å². The summed E-state index contributed by atoms with van der Waals surface area (Å²) in [5, 5.41) is 9.54. The molecule has 166 valence electrons. The van der Waals surface area contributed by atoms with Gasteiger partial charge in [0.05, 0.1) is 5.69 Å². The van der Waals surface area contributed by atoms with E-state index in [4.69, 9.17) is 4.74 Å². The summed E-state index contributed by atoms with van der Waals surface area (Å²) in [6, 6.07) is 15.1. The average Bonchev–Trinajstić information content (AvgIpc) is 3.53. The van der Waals surface area contributed by atoms with Gasteiger partial charge in [-0.3, -0.25) is 10.00 Å². The van der Waals surface area contributed by atoms with Gasteiger partial charge in [0.15, 0.2) is 0 Å². The molecule has 1 aliphatic rings.